The number of hydrogen-bond acceptors (Lipinski definition) is 3. The predicted molar refractivity (Wildman–Crippen MR) is 98.7 cm³/mol. The molecule has 25 heavy (non-hydrogen) atoms. The second-order valence-electron chi connectivity index (χ2n) is 6.09. The van der Waals surface area contributed by atoms with Gasteiger partial charge < -0.3 is 14.8 Å². The maximum Gasteiger partial charge on any atom is 0.256 e. The maximum atomic E-state index is 12.4. The zero-order valence-electron chi connectivity index (χ0n) is 14.2. The fraction of sp³-hybridized carbons (Fsp3) is 0.190. The lowest BCUT2D eigenvalue weighted by Gasteiger charge is -2.23. The molecule has 0 radical (unpaired) electrons. The number of anilines is 1. The van der Waals surface area contributed by atoms with Gasteiger partial charge in [0.25, 0.3) is 5.91 Å². The molecule has 0 bridgehead atoms. The molecule has 4 rings (SSSR count). The van der Waals surface area contributed by atoms with Crippen LogP contribution in [0.2, 0.25) is 0 Å². The Hall–Kier alpha value is -3.01. The zero-order chi connectivity index (χ0) is 17.4. The van der Waals surface area contributed by atoms with Crippen LogP contribution in [0.25, 0.3) is 11.6 Å². The van der Waals surface area contributed by atoms with E-state index < -0.39 is 0 Å². The van der Waals surface area contributed by atoms with Gasteiger partial charge in [0.1, 0.15) is 17.6 Å². The number of carbonyl (C=O) groups is 1. The van der Waals surface area contributed by atoms with Gasteiger partial charge in [0.2, 0.25) is 0 Å². The monoisotopic (exact) mass is 333 g/mol. The van der Waals surface area contributed by atoms with Crippen molar-refractivity contribution >= 4 is 23.2 Å². The van der Waals surface area contributed by atoms with Gasteiger partial charge in [-0.2, -0.15) is 0 Å². The molecule has 1 N–H and O–H groups in total. The van der Waals surface area contributed by atoms with Crippen molar-refractivity contribution in [3.05, 3.63) is 65.2 Å². The minimum atomic E-state index is -0.116. The van der Waals surface area contributed by atoms with Crippen LogP contribution >= 0.6 is 0 Å². The highest BCUT2D eigenvalue weighted by atomic mass is 16.5. The summed E-state index contributed by atoms with van der Waals surface area (Å²) in [4.78, 5) is 12.4. The molecule has 4 nitrogen and oxygen atoms in total. The molecule has 2 aliphatic rings. The number of para-hydroxylation sites is 1. The molecule has 0 aromatic heterocycles. The van der Waals surface area contributed by atoms with Crippen LogP contribution in [0.1, 0.15) is 25.0 Å². The van der Waals surface area contributed by atoms with Crippen molar-refractivity contribution in [1.82, 2.24) is 0 Å². The van der Waals surface area contributed by atoms with Gasteiger partial charge in [-0.3, -0.25) is 4.79 Å². The van der Waals surface area contributed by atoms with E-state index in [1.165, 1.54) is 0 Å². The van der Waals surface area contributed by atoms with Gasteiger partial charge in [-0.1, -0.05) is 18.2 Å². The normalized spacial score (nSPS) is 19.6. The van der Waals surface area contributed by atoms with Crippen LogP contribution in [0.3, 0.4) is 0 Å². The minimum Gasteiger partial charge on any atom is -0.494 e. The molecule has 0 saturated heterocycles. The van der Waals surface area contributed by atoms with E-state index in [1.54, 1.807) is 0 Å². The molecule has 126 valence electrons. The van der Waals surface area contributed by atoms with Gasteiger partial charge in [0, 0.05) is 22.4 Å². The number of fused-ring (bicyclic) bond motifs is 2. The number of amides is 1. The van der Waals surface area contributed by atoms with E-state index in [1.807, 2.05) is 62.4 Å². The van der Waals surface area contributed by atoms with Gasteiger partial charge in [0.15, 0.2) is 0 Å². The van der Waals surface area contributed by atoms with E-state index in [2.05, 4.69) is 11.4 Å². The first-order chi connectivity index (χ1) is 12.2. The topological polar surface area (TPSA) is 47.6 Å². The lowest BCUT2D eigenvalue weighted by atomic mass is 9.98. The highest BCUT2D eigenvalue weighted by molar-refractivity contribution is 6.32. The van der Waals surface area contributed by atoms with Crippen LogP contribution in [0.4, 0.5) is 5.69 Å². The second-order valence-corrected chi connectivity index (χ2v) is 6.09. The molecule has 2 aromatic carbocycles. The Balaban J connectivity index is 1.76. The van der Waals surface area contributed by atoms with E-state index in [-0.39, 0.29) is 12.0 Å². The number of rotatable bonds is 3. The van der Waals surface area contributed by atoms with E-state index in [4.69, 9.17) is 9.47 Å². The second kappa shape index (κ2) is 6.13. The number of benzene rings is 2. The van der Waals surface area contributed by atoms with Crippen molar-refractivity contribution in [2.75, 3.05) is 11.9 Å². The molecule has 1 unspecified atom stereocenters. The summed E-state index contributed by atoms with van der Waals surface area (Å²) in [5.74, 6) is 1.53. The van der Waals surface area contributed by atoms with Gasteiger partial charge in [0.05, 0.1) is 6.61 Å². The molecule has 0 fully saturated rings. The first kappa shape index (κ1) is 15.5. The van der Waals surface area contributed by atoms with Crippen molar-refractivity contribution in [2.24, 2.45) is 0 Å². The summed E-state index contributed by atoms with van der Waals surface area (Å²) < 4.78 is 11.5. The summed E-state index contributed by atoms with van der Waals surface area (Å²) >= 11 is 0. The average molecular weight is 333 g/mol. The highest BCUT2D eigenvalue weighted by Gasteiger charge is 2.26. The van der Waals surface area contributed by atoms with Crippen molar-refractivity contribution in [1.29, 1.82) is 0 Å². The fourth-order valence-corrected chi connectivity index (χ4v) is 3.16. The molecule has 2 aliphatic heterocycles. The molecule has 2 aromatic rings. The lowest BCUT2D eigenvalue weighted by molar-refractivity contribution is -0.110. The van der Waals surface area contributed by atoms with Gasteiger partial charge >= 0.3 is 0 Å². The van der Waals surface area contributed by atoms with E-state index >= 15 is 0 Å². The summed E-state index contributed by atoms with van der Waals surface area (Å²) in [6, 6.07) is 13.6. The fourth-order valence-electron chi connectivity index (χ4n) is 3.16. The van der Waals surface area contributed by atoms with Crippen molar-refractivity contribution < 1.29 is 14.3 Å². The van der Waals surface area contributed by atoms with E-state index in [0.717, 1.165) is 33.9 Å². The third-order valence-electron chi connectivity index (χ3n) is 4.41. The molecular weight excluding hydrogens is 314 g/mol. The Kier molecular flexibility index (Phi) is 3.80. The Labute approximate surface area is 146 Å². The van der Waals surface area contributed by atoms with Crippen LogP contribution in [0.15, 0.2) is 54.1 Å². The Morgan fingerprint density at radius 1 is 1.24 bits per heavy atom. The molecular formula is C21H19NO3. The Bertz CT molecular complexity index is 911. The molecule has 2 heterocycles. The first-order valence-electron chi connectivity index (χ1n) is 8.43. The number of nitrogens with one attached hydrogen (secondary N) is 1. The summed E-state index contributed by atoms with van der Waals surface area (Å²) in [7, 11) is 0. The smallest absolute Gasteiger partial charge is 0.256 e. The number of carbonyl (C=O) groups excluding carboxylic acids is 1. The van der Waals surface area contributed by atoms with Crippen LogP contribution < -0.4 is 14.8 Å². The van der Waals surface area contributed by atoms with Gasteiger partial charge in [-0.25, -0.2) is 0 Å². The molecule has 0 aliphatic carbocycles. The zero-order valence-corrected chi connectivity index (χ0v) is 14.2. The van der Waals surface area contributed by atoms with Crippen molar-refractivity contribution in [2.45, 2.75) is 20.0 Å². The quantitative estimate of drug-likeness (QED) is 0.853. The number of hydrogen-bond donors (Lipinski definition) is 1. The standard InChI is InChI=1S/C21H19NO3/c1-3-24-16-8-9-19-17(12-16)18(21(23)22-19)11-15-10-14-6-4-5-7-20(14)25-13(15)2/h4-13H,3H2,1-2H3,(H,22,23). The molecule has 1 amide bonds. The average Bonchev–Trinajstić information content (AvgIpc) is 2.91. The van der Waals surface area contributed by atoms with Crippen molar-refractivity contribution in [3.8, 4) is 11.5 Å². The SMILES string of the molecule is CCOc1ccc2c(c1)C(=CC1=Cc3ccccc3OC1C)C(=O)N2. The summed E-state index contributed by atoms with van der Waals surface area (Å²) in [5, 5.41) is 2.91. The van der Waals surface area contributed by atoms with E-state index in [0.29, 0.717) is 12.2 Å². The van der Waals surface area contributed by atoms with E-state index in [9.17, 15) is 4.79 Å². The molecule has 4 heteroatoms. The van der Waals surface area contributed by atoms with Gasteiger partial charge in [-0.15, -0.1) is 0 Å². The summed E-state index contributed by atoms with van der Waals surface area (Å²) in [6.07, 6.45) is 3.88. The minimum absolute atomic E-state index is 0.101. The highest BCUT2D eigenvalue weighted by Crippen LogP contribution is 2.37. The molecule has 0 spiro atoms. The van der Waals surface area contributed by atoms with Crippen LogP contribution in [0, 0.1) is 0 Å². The first-order valence-corrected chi connectivity index (χ1v) is 8.43. The Morgan fingerprint density at radius 3 is 2.92 bits per heavy atom. The predicted octanol–water partition coefficient (Wildman–Crippen LogP) is 4.29. The lowest BCUT2D eigenvalue weighted by Crippen LogP contribution is -2.18. The third kappa shape index (κ3) is 2.80. The molecule has 0 saturated carbocycles. The van der Waals surface area contributed by atoms with Gasteiger partial charge in [-0.05, 0) is 55.8 Å². The molecule has 1 atom stereocenters. The summed E-state index contributed by atoms with van der Waals surface area (Å²) in [6.45, 7) is 4.52. The third-order valence-corrected chi connectivity index (χ3v) is 4.41. The maximum absolute atomic E-state index is 12.4. The van der Waals surface area contributed by atoms with Crippen LogP contribution in [0.5, 0.6) is 11.5 Å². The van der Waals surface area contributed by atoms with Crippen LogP contribution in [-0.2, 0) is 4.79 Å². The van der Waals surface area contributed by atoms with Crippen molar-refractivity contribution in [3.63, 3.8) is 0 Å². The number of ether oxygens (including phenoxy) is 2. The summed E-state index contributed by atoms with van der Waals surface area (Å²) in [5.41, 5.74) is 4.30. The van der Waals surface area contributed by atoms with Crippen LogP contribution in [-0.4, -0.2) is 18.6 Å². The largest absolute Gasteiger partial charge is 0.494 e. The Morgan fingerprint density at radius 2 is 2.08 bits per heavy atom.